The van der Waals surface area contributed by atoms with Gasteiger partial charge in [-0.3, -0.25) is 4.79 Å². The van der Waals surface area contributed by atoms with Crippen LogP contribution in [0.2, 0.25) is 0 Å². The SMILES string of the molecule is COC(=O)[C@H](Cc1ccc(F)cc1)Nc1ccc(NC(=O)C2CC2)cc1. The molecule has 2 aromatic rings. The summed E-state index contributed by atoms with van der Waals surface area (Å²) in [6.07, 6.45) is 2.28. The maximum Gasteiger partial charge on any atom is 0.328 e. The van der Waals surface area contributed by atoms with Gasteiger partial charge in [0, 0.05) is 23.7 Å². The first-order chi connectivity index (χ1) is 12.5. The molecule has 136 valence electrons. The number of esters is 1. The first-order valence-electron chi connectivity index (χ1n) is 8.55. The van der Waals surface area contributed by atoms with E-state index in [0.717, 1.165) is 29.8 Å². The van der Waals surface area contributed by atoms with Crippen molar-refractivity contribution >= 4 is 23.3 Å². The number of hydrogen-bond donors (Lipinski definition) is 2. The van der Waals surface area contributed by atoms with Gasteiger partial charge in [0.2, 0.25) is 5.91 Å². The van der Waals surface area contributed by atoms with Crippen molar-refractivity contribution in [1.29, 1.82) is 0 Å². The molecule has 1 atom stereocenters. The summed E-state index contributed by atoms with van der Waals surface area (Å²) in [5.74, 6) is -0.526. The average Bonchev–Trinajstić information content (AvgIpc) is 3.49. The predicted octanol–water partition coefficient (Wildman–Crippen LogP) is 3.37. The molecule has 1 fully saturated rings. The van der Waals surface area contributed by atoms with Crippen molar-refractivity contribution in [3.05, 3.63) is 59.9 Å². The highest BCUT2D eigenvalue weighted by Crippen LogP contribution is 2.30. The summed E-state index contributed by atoms with van der Waals surface area (Å²) in [6, 6.07) is 12.6. The lowest BCUT2D eigenvalue weighted by molar-refractivity contribution is -0.141. The molecule has 1 saturated carbocycles. The van der Waals surface area contributed by atoms with Gasteiger partial charge in [0.05, 0.1) is 7.11 Å². The van der Waals surface area contributed by atoms with Gasteiger partial charge in [0.1, 0.15) is 11.9 Å². The second kappa shape index (κ2) is 7.99. The van der Waals surface area contributed by atoms with Crippen molar-refractivity contribution in [2.75, 3.05) is 17.7 Å². The monoisotopic (exact) mass is 356 g/mol. The molecular weight excluding hydrogens is 335 g/mol. The number of benzene rings is 2. The highest BCUT2D eigenvalue weighted by molar-refractivity contribution is 5.94. The Labute approximate surface area is 151 Å². The first-order valence-corrected chi connectivity index (χ1v) is 8.55. The van der Waals surface area contributed by atoms with Crippen LogP contribution < -0.4 is 10.6 Å². The van der Waals surface area contributed by atoms with E-state index in [-0.39, 0.29) is 17.6 Å². The van der Waals surface area contributed by atoms with E-state index in [9.17, 15) is 14.0 Å². The summed E-state index contributed by atoms with van der Waals surface area (Å²) >= 11 is 0. The lowest BCUT2D eigenvalue weighted by Gasteiger charge is -2.18. The molecule has 0 aliphatic heterocycles. The zero-order chi connectivity index (χ0) is 18.5. The number of methoxy groups -OCH3 is 1. The Morgan fingerprint density at radius 2 is 1.69 bits per heavy atom. The molecule has 1 aliphatic carbocycles. The van der Waals surface area contributed by atoms with Gasteiger partial charge in [-0.2, -0.15) is 0 Å². The van der Waals surface area contributed by atoms with E-state index in [4.69, 9.17) is 4.74 Å². The van der Waals surface area contributed by atoms with E-state index in [1.807, 2.05) is 0 Å². The summed E-state index contributed by atoms with van der Waals surface area (Å²) < 4.78 is 17.9. The quantitative estimate of drug-likeness (QED) is 0.747. The number of anilines is 2. The Morgan fingerprint density at radius 1 is 1.08 bits per heavy atom. The Hall–Kier alpha value is -2.89. The van der Waals surface area contributed by atoms with Gasteiger partial charge in [-0.15, -0.1) is 0 Å². The van der Waals surface area contributed by atoms with Gasteiger partial charge >= 0.3 is 5.97 Å². The van der Waals surface area contributed by atoms with E-state index in [0.29, 0.717) is 6.42 Å². The number of rotatable bonds is 7. The summed E-state index contributed by atoms with van der Waals surface area (Å²) in [6.45, 7) is 0. The topological polar surface area (TPSA) is 67.4 Å². The molecule has 1 amide bonds. The van der Waals surface area contributed by atoms with E-state index in [1.54, 1.807) is 36.4 Å². The molecule has 0 bridgehead atoms. The Bertz CT molecular complexity index is 771. The molecular formula is C20H21FN2O3. The van der Waals surface area contributed by atoms with Crippen molar-refractivity contribution in [3.63, 3.8) is 0 Å². The van der Waals surface area contributed by atoms with Crippen LogP contribution in [0.1, 0.15) is 18.4 Å². The molecule has 3 rings (SSSR count). The zero-order valence-electron chi connectivity index (χ0n) is 14.5. The molecule has 0 unspecified atom stereocenters. The highest BCUT2D eigenvalue weighted by Gasteiger charge is 2.29. The highest BCUT2D eigenvalue weighted by atomic mass is 19.1. The third-order valence-electron chi connectivity index (χ3n) is 4.28. The minimum absolute atomic E-state index is 0.0504. The zero-order valence-corrected chi connectivity index (χ0v) is 14.5. The average molecular weight is 356 g/mol. The van der Waals surface area contributed by atoms with Crippen LogP contribution in [-0.2, 0) is 20.7 Å². The summed E-state index contributed by atoms with van der Waals surface area (Å²) in [5.41, 5.74) is 2.27. The van der Waals surface area contributed by atoms with Gasteiger partial charge in [-0.25, -0.2) is 9.18 Å². The second-order valence-corrected chi connectivity index (χ2v) is 6.39. The van der Waals surface area contributed by atoms with Gasteiger partial charge in [0.25, 0.3) is 0 Å². The van der Waals surface area contributed by atoms with Crippen LogP contribution in [0.4, 0.5) is 15.8 Å². The Kier molecular flexibility index (Phi) is 5.51. The largest absolute Gasteiger partial charge is 0.467 e. The molecule has 0 spiro atoms. The lowest BCUT2D eigenvalue weighted by atomic mass is 10.1. The smallest absolute Gasteiger partial charge is 0.328 e. The molecule has 0 saturated heterocycles. The minimum atomic E-state index is -0.600. The van der Waals surface area contributed by atoms with Gasteiger partial charge in [-0.1, -0.05) is 12.1 Å². The van der Waals surface area contributed by atoms with Crippen LogP contribution in [0.5, 0.6) is 0 Å². The Morgan fingerprint density at radius 3 is 2.27 bits per heavy atom. The van der Waals surface area contributed by atoms with Crippen molar-refractivity contribution < 1.29 is 18.7 Å². The third kappa shape index (κ3) is 4.81. The van der Waals surface area contributed by atoms with Crippen LogP contribution in [0, 0.1) is 11.7 Å². The fraction of sp³-hybridized carbons (Fsp3) is 0.300. The summed E-state index contributed by atoms with van der Waals surface area (Å²) in [7, 11) is 1.33. The predicted molar refractivity (Wildman–Crippen MR) is 97.3 cm³/mol. The number of carbonyl (C=O) groups is 2. The molecule has 2 N–H and O–H groups in total. The number of ether oxygens (including phenoxy) is 1. The maximum atomic E-state index is 13.0. The van der Waals surface area contributed by atoms with Crippen molar-refractivity contribution in [2.45, 2.75) is 25.3 Å². The maximum absolute atomic E-state index is 13.0. The van der Waals surface area contributed by atoms with E-state index in [1.165, 1.54) is 19.2 Å². The second-order valence-electron chi connectivity index (χ2n) is 6.39. The normalized spacial score (nSPS) is 14.4. The van der Waals surface area contributed by atoms with Gasteiger partial charge < -0.3 is 15.4 Å². The van der Waals surface area contributed by atoms with E-state index < -0.39 is 12.0 Å². The number of halogens is 1. The molecule has 2 aromatic carbocycles. The summed E-state index contributed by atoms with van der Waals surface area (Å²) in [5, 5.41) is 6.00. The summed E-state index contributed by atoms with van der Waals surface area (Å²) in [4.78, 5) is 23.8. The minimum Gasteiger partial charge on any atom is -0.467 e. The standard InChI is InChI=1S/C20H21FN2O3/c1-26-20(25)18(12-13-2-6-15(21)7-3-13)22-16-8-10-17(11-9-16)23-19(24)14-4-5-14/h2-3,6-11,14,18,22H,4-5,12H2,1H3,(H,23,24)/t18-/m0/s1. The number of amides is 1. The van der Waals surface area contributed by atoms with Crippen LogP contribution in [-0.4, -0.2) is 25.0 Å². The van der Waals surface area contributed by atoms with Crippen molar-refractivity contribution in [3.8, 4) is 0 Å². The van der Waals surface area contributed by atoms with Crippen LogP contribution in [0.15, 0.2) is 48.5 Å². The first kappa shape index (κ1) is 17.9. The van der Waals surface area contributed by atoms with Crippen LogP contribution >= 0.6 is 0 Å². The molecule has 5 nitrogen and oxygen atoms in total. The van der Waals surface area contributed by atoms with Gasteiger partial charge in [-0.05, 0) is 54.8 Å². The fourth-order valence-corrected chi connectivity index (χ4v) is 2.63. The van der Waals surface area contributed by atoms with Crippen molar-refractivity contribution in [2.24, 2.45) is 5.92 Å². The lowest BCUT2D eigenvalue weighted by Crippen LogP contribution is -2.32. The molecule has 6 heteroatoms. The third-order valence-corrected chi connectivity index (χ3v) is 4.28. The number of hydrogen-bond acceptors (Lipinski definition) is 4. The van der Waals surface area contributed by atoms with E-state index in [2.05, 4.69) is 10.6 Å². The Balaban J connectivity index is 1.64. The van der Waals surface area contributed by atoms with Gasteiger partial charge in [0.15, 0.2) is 0 Å². The molecule has 0 heterocycles. The van der Waals surface area contributed by atoms with Crippen molar-refractivity contribution in [1.82, 2.24) is 0 Å². The van der Waals surface area contributed by atoms with Crippen LogP contribution in [0.3, 0.4) is 0 Å². The molecule has 1 aliphatic rings. The molecule has 0 radical (unpaired) electrons. The molecule has 0 aromatic heterocycles. The molecule has 26 heavy (non-hydrogen) atoms. The number of carbonyl (C=O) groups excluding carboxylic acids is 2. The van der Waals surface area contributed by atoms with E-state index >= 15 is 0 Å². The van der Waals surface area contributed by atoms with Crippen LogP contribution in [0.25, 0.3) is 0 Å². The fourth-order valence-electron chi connectivity index (χ4n) is 2.63. The number of nitrogens with one attached hydrogen (secondary N) is 2.